The van der Waals surface area contributed by atoms with Gasteiger partial charge in [-0.1, -0.05) is 0 Å². The van der Waals surface area contributed by atoms with Gasteiger partial charge in [0, 0.05) is 11.8 Å². The lowest BCUT2D eigenvalue weighted by Crippen LogP contribution is -2.80. The Labute approximate surface area is 97.5 Å². The van der Waals surface area contributed by atoms with Crippen LogP contribution < -0.4 is 0 Å². The van der Waals surface area contributed by atoms with Gasteiger partial charge in [-0.3, -0.25) is 9.59 Å². The molecule has 0 saturated heterocycles. The van der Waals surface area contributed by atoms with Crippen molar-refractivity contribution in [3.63, 3.8) is 0 Å². The predicted molar refractivity (Wildman–Crippen MR) is 52.5 cm³/mol. The Balaban J connectivity index is 2.00. The van der Waals surface area contributed by atoms with Crippen molar-refractivity contribution in [1.29, 1.82) is 0 Å². The number of aliphatic hydroxyl groups is 2. The van der Waals surface area contributed by atoms with E-state index in [2.05, 4.69) is 0 Å². The van der Waals surface area contributed by atoms with Gasteiger partial charge in [0.15, 0.2) is 0 Å². The highest BCUT2D eigenvalue weighted by Crippen LogP contribution is 2.87. The average molecular weight is 242 g/mol. The molecule has 4 atom stereocenters. The maximum absolute atomic E-state index is 11.8. The Morgan fingerprint density at radius 2 is 1.35 bits per heavy atom. The van der Waals surface area contributed by atoms with Gasteiger partial charge in [-0.2, -0.15) is 0 Å². The fourth-order valence-electron chi connectivity index (χ4n) is 4.52. The minimum atomic E-state index is -1.05. The zero-order valence-corrected chi connectivity index (χ0v) is 9.54. The van der Waals surface area contributed by atoms with Crippen LogP contribution >= 0.6 is 0 Å². The minimum Gasteiger partial charge on any atom is -0.469 e. The molecule has 0 aromatic heterocycles. The van der Waals surface area contributed by atoms with Crippen molar-refractivity contribution in [2.24, 2.45) is 22.7 Å². The van der Waals surface area contributed by atoms with Crippen molar-refractivity contribution in [3.05, 3.63) is 0 Å². The van der Waals surface area contributed by atoms with Crippen molar-refractivity contribution < 1.29 is 29.3 Å². The molecule has 0 spiro atoms. The molecule has 4 bridgehead atoms. The quantitative estimate of drug-likeness (QED) is 0.584. The van der Waals surface area contributed by atoms with Gasteiger partial charge in [-0.15, -0.1) is 0 Å². The Hall–Kier alpha value is -1.14. The molecule has 2 unspecified atom stereocenters. The number of hydrogen-bond donors (Lipinski definition) is 2. The van der Waals surface area contributed by atoms with Crippen LogP contribution in [0.5, 0.6) is 0 Å². The van der Waals surface area contributed by atoms with Crippen molar-refractivity contribution in [1.82, 2.24) is 0 Å². The molecule has 6 nitrogen and oxygen atoms in total. The van der Waals surface area contributed by atoms with E-state index in [1.807, 2.05) is 0 Å². The molecular weight excluding hydrogens is 228 g/mol. The molecule has 0 aliphatic heterocycles. The van der Waals surface area contributed by atoms with Crippen LogP contribution in [0.4, 0.5) is 0 Å². The summed E-state index contributed by atoms with van der Waals surface area (Å²) in [5.41, 5.74) is -1.75. The standard InChI is InChI=1S/C11H14O6/c1-16-8(14)10-3-11(9(15)17-2)6(10)4(12)5(13)7(10)11/h4-7,12-13H,3H2,1-2H3/t4-,5+,6?,7?,10?,11?. The van der Waals surface area contributed by atoms with E-state index in [0.717, 1.165) is 0 Å². The van der Waals surface area contributed by atoms with E-state index in [4.69, 9.17) is 9.47 Å². The number of esters is 2. The van der Waals surface area contributed by atoms with Crippen LogP contribution in [-0.2, 0) is 19.1 Å². The van der Waals surface area contributed by atoms with Crippen molar-refractivity contribution >= 4 is 11.9 Å². The van der Waals surface area contributed by atoms with Crippen LogP contribution in [-0.4, -0.2) is 48.6 Å². The molecule has 94 valence electrons. The van der Waals surface area contributed by atoms with E-state index < -0.39 is 46.8 Å². The molecule has 5 fully saturated rings. The number of carbonyl (C=O) groups excluding carboxylic acids is 2. The summed E-state index contributed by atoms with van der Waals surface area (Å²) < 4.78 is 9.44. The SMILES string of the molecule is COC(=O)C12CC3(C(=O)OC)C1[C@@H](O)[C@@H](O)C23. The summed E-state index contributed by atoms with van der Waals surface area (Å²) in [5.74, 6) is -2.02. The summed E-state index contributed by atoms with van der Waals surface area (Å²) in [6.45, 7) is 0. The number of ether oxygens (including phenoxy) is 2. The number of hydrogen-bond acceptors (Lipinski definition) is 6. The predicted octanol–water partition coefficient (Wildman–Crippen LogP) is -1.31. The Morgan fingerprint density at radius 1 is 1.00 bits per heavy atom. The molecule has 5 aliphatic rings. The monoisotopic (exact) mass is 242 g/mol. The molecule has 2 N–H and O–H groups in total. The third-order valence-corrected chi connectivity index (χ3v) is 4.97. The average Bonchev–Trinajstić information content (AvgIpc) is 2.56. The molecule has 5 rings (SSSR count). The molecule has 17 heavy (non-hydrogen) atoms. The first-order valence-electron chi connectivity index (χ1n) is 5.51. The van der Waals surface area contributed by atoms with Crippen LogP contribution in [0.2, 0.25) is 0 Å². The van der Waals surface area contributed by atoms with Crippen LogP contribution in [0, 0.1) is 22.7 Å². The zero-order valence-electron chi connectivity index (χ0n) is 9.54. The van der Waals surface area contributed by atoms with Gasteiger partial charge in [0.25, 0.3) is 0 Å². The first-order chi connectivity index (χ1) is 7.98. The first kappa shape index (κ1) is 11.0. The summed E-state index contributed by atoms with van der Waals surface area (Å²) in [6, 6.07) is 0. The van der Waals surface area contributed by atoms with Crippen molar-refractivity contribution in [2.75, 3.05) is 14.2 Å². The van der Waals surface area contributed by atoms with Gasteiger partial charge in [0.2, 0.25) is 0 Å². The molecule has 0 radical (unpaired) electrons. The highest BCUT2D eigenvalue weighted by atomic mass is 16.5. The van der Waals surface area contributed by atoms with Gasteiger partial charge in [-0.25, -0.2) is 0 Å². The maximum Gasteiger partial charge on any atom is 0.312 e. The molecule has 0 aromatic rings. The van der Waals surface area contributed by atoms with E-state index in [-0.39, 0.29) is 0 Å². The van der Waals surface area contributed by atoms with E-state index in [9.17, 15) is 19.8 Å². The molecule has 0 heterocycles. The van der Waals surface area contributed by atoms with Crippen LogP contribution in [0.25, 0.3) is 0 Å². The fourth-order valence-corrected chi connectivity index (χ4v) is 4.52. The van der Waals surface area contributed by atoms with Crippen molar-refractivity contribution in [2.45, 2.75) is 18.6 Å². The van der Waals surface area contributed by atoms with Gasteiger partial charge in [0.05, 0.1) is 37.3 Å². The fraction of sp³-hybridized carbons (Fsp3) is 0.818. The Morgan fingerprint density at radius 3 is 1.65 bits per heavy atom. The largest absolute Gasteiger partial charge is 0.469 e. The lowest BCUT2D eigenvalue weighted by molar-refractivity contribution is -0.301. The van der Waals surface area contributed by atoms with E-state index >= 15 is 0 Å². The molecule has 5 aliphatic carbocycles. The lowest BCUT2D eigenvalue weighted by atomic mass is 9.27. The van der Waals surface area contributed by atoms with Gasteiger partial charge >= 0.3 is 11.9 Å². The van der Waals surface area contributed by atoms with Crippen LogP contribution in [0.3, 0.4) is 0 Å². The molecule has 6 heteroatoms. The number of aliphatic hydroxyl groups excluding tert-OH is 2. The zero-order chi connectivity index (χ0) is 12.6. The topological polar surface area (TPSA) is 93.1 Å². The van der Waals surface area contributed by atoms with Crippen molar-refractivity contribution in [3.8, 4) is 0 Å². The second kappa shape index (κ2) is 2.81. The summed E-state index contributed by atoms with van der Waals surface area (Å²) in [7, 11) is 2.54. The van der Waals surface area contributed by atoms with E-state index in [1.54, 1.807) is 0 Å². The number of methoxy groups -OCH3 is 2. The number of rotatable bonds is 2. The van der Waals surface area contributed by atoms with E-state index in [1.165, 1.54) is 14.2 Å². The molecular formula is C11H14O6. The molecule has 5 saturated carbocycles. The number of carbonyl (C=O) groups is 2. The smallest absolute Gasteiger partial charge is 0.312 e. The minimum absolute atomic E-state index is 0.308. The second-order valence-corrected chi connectivity index (χ2v) is 5.18. The van der Waals surface area contributed by atoms with Gasteiger partial charge < -0.3 is 19.7 Å². The highest BCUT2D eigenvalue weighted by Gasteiger charge is 2.96. The summed E-state index contributed by atoms with van der Waals surface area (Å²) >= 11 is 0. The van der Waals surface area contributed by atoms with Gasteiger partial charge in [0.1, 0.15) is 0 Å². The van der Waals surface area contributed by atoms with Gasteiger partial charge in [-0.05, 0) is 6.42 Å². The molecule has 0 aromatic carbocycles. The van der Waals surface area contributed by atoms with Crippen LogP contribution in [0.15, 0.2) is 0 Å². The lowest BCUT2D eigenvalue weighted by Gasteiger charge is -2.72. The second-order valence-electron chi connectivity index (χ2n) is 5.18. The third kappa shape index (κ3) is 0.760. The molecule has 0 amide bonds. The van der Waals surface area contributed by atoms with E-state index in [0.29, 0.717) is 6.42 Å². The Kier molecular flexibility index (Phi) is 1.82. The first-order valence-corrected chi connectivity index (χ1v) is 5.51. The number of fused-ring (bicyclic) bond motifs is 1. The van der Waals surface area contributed by atoms with Crippen LogP contribution in [0.1, 0.15) is 6.42 Å². The normalized spacial score (nSPS) is 53.4. The third-order valence-electron chi connectivity index (χ3n) is 4.97. The highest BCUT2D eigenvalue weighted by molar-refractivity contribution is 5.95. The maximum atomic E-state index is 11.8. The summed E-state index contributed by atoms with van der Waals surface area (Å²) in [5, 5.41) is 19.7. The summed E-state index contributed by atoms with van der Waals surface area (Å²) in [6.07, 6.45) is -1.79. The summed E-state index contributed by atoms with van der Waals surface area (Å²) in [4.78, 5) is 23.5. The Bertz CT molecular complexity index is 370.